The molecule has 33 heavy (non-hydrogen) atoms. The van der Waals surface area contributed by atoms with Gasteiger partial charge in [-0.05, 0) is 48.5 Å². The molecule has 170 valence electrons. The van der Waals surface area contributed by atoms with E-state index in [-0.39, 0.29) is 10.8 Å². The van der Waals surface area contributed by atoms with Gasteiger partial charge < -0.3 is 9.30 Å². The van der Waals surface area contributed by atoms with Crippen molar-refractivity contribution >= 4 is 27.3 Å². The molecular weight excluding hydrogens is 436 g/mol. The first-order valence-electron chi connectivity index (χ1n) is 10.8. The van der Waals surface area contributed by atoms with Gasteiger partial charge in [0.05, 0.1) is 23.3 Å². The second-order valence-corrected chi connectivity index (χ2v) is 9.46. The summed E-state index contributed by atoms with van der Waals surface area (Å²) in [5.74, 6) is -0.223. The smallest absolute Gasteiger partial charge is 0.258 e. The quantitative estimate of drug-likeness (QED) is 0.393. The molecule has 7 nitrogen and oxygen atoms in total. The lowest BCUT2D eigenvalue weighted by molar-refractivity contribution is 0.0984. The Morgan fingerprint density at radius 1 is 0.909 bits per heavy atom. The summed E-state index contributed by atoms with van der Waals surface area (Å²) < 4.78 is 28.9. The van der Waals surface area contributed by atoms with Crippen molar-refractivity contribution in [3.8, 4) is 0 Å². The zero-order valence-electron chi connectivity index (χ0n) is 18.6. The molecular formula is C25H26N4O3S. The first-order valence-corrected chi connectivity index (χ1v) is 12.3. The van der Waals surface area contributed by atoms with Crippen LogP contribution >= 0.6 is 0 Å². The van der Waals surface area contributed by atoms with Crippen LogP contribution < -0.4 is 4.90 Å². The number of nitrogens with zero attached hydrogens (tertiary/aromatic N) is 4. The lowest BCUT2D eigenvalue weighted by Gasteiger charge is -2.23. The average molecular weight is 463 g/mol. The van der Waals surface area contributed by atoms with Crippen LogP contribution in [0, 0.1) is 0 Å². The van der Waals surface area contributed by atoms with Gasteiger partial charge in [-0.3, -0.25) is 4.79 Å². The molecule has 0 N–H and O–H groups in total. The Hall–Kier alpha value is -3.49. The third kappa shape index (κ3) is 4.53. The zero-order valence-corrected chi connectivity index (χ0v) is 19.4. The molecule has 2 aromatic carbocycles. The lowest BCUT2D eigenvalue weighted by atomic mass is 10.1. The van der Waals surface area contributed by atoms with Crippen LogP contribution in [0.5, 0.6) is 0 Å². The number of para-hydroxylation sites is 1. The molecule has 4 aromatic rings. The topological polar surface area (TPSA) is 75.0 Å². The number of hydrogen-bond donors (Lipinski definition) is 0. The van der Waals surface area contributed by atoms with Gasteiger partial charge in [0.1, 0.15) is 5.65 Å². The Morgan fingerprint density at radius 3 is 2.24 bits per heavy atom. The molecule has 0 saturated carbocycles. The molecule has 2 aromatic heterocycles. The van der Waals surface area contributed by atoms with Gasteiger partial charge in [0, 0.05) is 30.5 Å². The Morgan fingerprint density at radius 2 is 1.58 bits per heavy atom. The fraction of sp³-hybridized carbons (Fsp3) is 0.200. The number of carbonyl (C=O) groups is 1. The van der Waals surface area contributed by atoms with Crippen LogP contribution in [0.25, 0.3) is 5.65 Å². The maximum atomic E-state index is 13.6. The number of pyridine rings is 1. The largest absolute Gasteiger partial charge is 0.302 e. The lowest BCUT2D eigenvalue weighted by Crippen LogP contribution is -2.32. The molecule has 0 aliphatic rings. The average Bonchev–Trinajstić information content (AvgIpc) is 3.26. The van der Waals surface area contributed by atoms with Crippen molar-refractivity contribution in [2.24, 2.45) is 0 Å². The second kappa shape index (κ2) is 9.56. The number of aromatic nitrogens is 2. The third-order valence-electron chi connectivity index (χ3n) is 5.57. The summed E-state index contributed by atoms with van der Waals surface area (Å²) in [7, 11) is -3.58. The number of amides is 1. The maximum absolute atomic E-state index is 13.6. The van der Waals surface area contributed by atoms with E-state index in [0.717, 1.165) is 17.0 Å². The fourth-order valence-corrected chi connectivity index (χ4v) is 5.25. The summed E-state index contributed by atoms with van der Waals surface area (Å²) >= 11 is 0. The molecule has 8 heteroatoms. The molecule has 4 rings (SSSR count). The Bertz CT molecular complexity index is 1350. The predicted molar refractivity (Wildman–Crippen MR) is 129 cm³/mol. The number of anilines is 1. The van der Waals surface area contributed by atoms with Crippen LogP contribution in [0.1, 0.15) is 29.9 Å². The number of carbonyl (C=O) groups excluding carboxylic acids is 1. The molecule has 0 unspecified atom stereocenters. The number of sulfonamides is 1. The number of fused-ring (bicyclic) bond motifs is 1. The molecule has 0 bridgehead atoms. The molecule has 0 saturated heterocycles. The Balaban J connectivity index is 1.67. The Kier molecular flexibility index (Phi) is 6.57. The third-order valence-corrected chi connectivity index (χ3v) is 7.64. The van der Waals surface area contributed by atoms with Crippen molar-refractivity contribution in [2.45, 2.75) is 25.3 Å². The summed E-state index contributed by atoms with van der Waals surface area (Å²) in [6.45, 7) is 4.70. The van der Waals surface area contributed by atoms with Gasteiger partial charge >= 0.3 is 0 Å². The SMILES string of the molecule is CCN(CC)S(=O)(=O)c1ccc(C(=O)N(Cc2cnc3ccccn23)c2ccccc2)cc1. The van der Waals surface area contributed by atoms with Crippen molar-refractivity contribution in [3.63, 3.8) is 0 Å². The van der Waals surface area contributed by atoms with Gasteiger partial charge in [-0.15, -0.1) is 0 Å². The van der Waals surface area contributed by atoms with Gasteiger partial charge in [-0.2, -0.15) is 4.31 Å². The molecule has 0 spiro atoms. The van der Waals surface area contributed by atoms with Crippen LogP contribution in [-0.2, 0) is 16.6 Å². The van der Waals surface area contributed by atoms with Crippen LogP contribution in [-0.4, -0.2) is 41.1 Å². The van der Waals surface area contributed by atoms with E-state index in [2.05, 4.69) is 4.98 Å². The second-order valence-electron chi connectivity index (χ2n) is 7.52. The predicted octanol–water partition coefficient (Wildman–Crippen LogP) is 4.21. The van der Waals surface area contributed by atoms with Crippen molar-refractivity contribution in [1.29, 1.82) is 0 Å². The first kappa shape index (κ1) is 22.7. The molecule has 0 atom stereocenters. The normalized spacial score (nSPS) is 11.7. The highest BCUT2D eigenvalue weighted by atomic mass is 32.2. The number of benzene rings is 2. The monoisotopic (exact) mass is 462 g/mol. The van der Waals surface area contributed by atoms with E-state index >= 15 is 0 Å². The molecule has 0 fully saturated rings. The van der Waals surface area contributed by atoms with E-state index in [1.54, 1.807) is 37.1 Å². The highest BCUT2D eigenvalue weighted by Gasteiger charge is 2.24. The first-order chi connectivity index (χ1) is 16.0. The van der Waals surface area contributed by atoms with E-state index in [1.165, 1.54) is 16.4 Å². The zero-order chi connectivity index (χ0) is 23.4. The summed E-state index contributed by atoms with van der Waals surface area (Å²) in [5, 5.41) is 0. The van der Waals surface area contributed by atoms with Gasteiger partial charge in [-0.1, -0.05) is 38.1 Å². The highest BCUT2D eigenvalue weighted by molar-refractivity contribution is 7.89. The van der Waals surface area contributed by atoms with Crippen LogP contribution in [0.3, 0.4) is 0 Å². The van der Waals surface area contributed by atoms with Crippen LogP contribution in [0.2, 0.25) is 0 Å². The number of rotatable bonds is 8. The number of hydrogen-bond acceptors (Lipinski definition) is 4. The standard InChI is InChI=1S/C25H26N4O3S/c1-3-27(4-2)33(31,32)23-15-13-20(14-16-23)25(30)29(21-10-6-5-7-11-21)19-22-18-26-24-12-8-9-17-28(22)24/h5-18H,3-4,19H2,1-2H3. The number of imidazole rings is 1. The van der Waals surface area contributed by atoms with E-state index in [4.69, 9.17) is 0 Å². The minimum atomic E-state index is -3.58. The van der Waals surface area contributed by atoms with E-state index < -0.39 is 10.0 Å². The van der Waals surface area contributed by atoms with Gasteiger partial charge in [0.25, 0.3) is 5.91 Å². The van der Waals surface area contributed by atoms with Gasteiger partial charge in [-0.25, -0.2) is 13.4 Å². The van der Waals surface area contributed by atoms with Gasteiger partial charge in [0.15, 0.2) is 0 Å². The van der Waals surface area contributed by atoms with Crippen molar-refractivity contribution in [2.75, 3.05) is 18.0 Å². The van der Waals surface area contributed by atoms with E-state index in [1.807, 2.05) is 59.1 Å². The Labute approximate surface area is 194 Å². The maximum Gasteiger partial charge on any atom is 0.258 e. The molecule has 0 aliphatic carbocycles. The summed E-state index contributed by atoms with van der Waals surface area (Å²) in [6.07, 6.45) is 3.68. The highest BCUT2D eigenvalue weighted by Crippen LogP contribution is 2.22. The fourth-order valence-electron chi connectivity index (χ4n) is 3.79. The van der Waals surface area contributed by atoms with Crippen molar-refractivity contribution in [1.82, 2.24) is 13.7 Å². The van der Waals surface area contributed by atoms with Crippen molar-refractivity contribution < 1.29 is 13.2 Å². The van der Waals surface area contributed by atoms with Crippen LogP contribution in [0.4, 0.5) is 5.69 Å². The van der Waals surface area contributed by atoms with E-state index in [0.29, 0.717) is 25.2 Å². The van der Waals surface area contributed by atoms with Gasteiger partial charge in [0.2, 0.25) is 10.0 Å². The molecule has 1 amide bonds. The molecule has 0 aliphatic heterocycles. The van der Waals surface area contributed by atoms with Crippen LogP contribution in [0.15, 0.2) is 90.1 Å². The molecule has 2 heterocycles. The molecule has 0 radical (unpaired) electrons. The van der Waals surface area contributed by atoms with E-state index in [9.17, 15) is 13.2 Å². The summed E-state index contributed by atoms with van der Waals surface area (Å²) in [6, 6.07) is 21.3. The summed E-state index contributed by atoms with van der Waals surface area (Å²) in [5.41, 5.74) is 2.82. The summed E-state index contributed by atoms with van der Waals surface area (Å²) in [4.78, 5) is 19.8. The van der Waals surface area contributed by atoms with Crippen molar-refractivity contribution in [3.05, 3.63) is 96.4 Å². The minimum Gasteiger partial charge on any atom is -0.302 e. The minimum absolute atomic E-state index is 0.177.